The smallest absolute Gasteiger partial charge is 0.158 e. The maximum atomic E-state index is 10.5. The second-order valence-electron chi connectivity index (χ2n) is 7.33. The van der Waals surface area contributed by atoms with Gasteiger partial charge in [0, 0.05) is 43.2 Å². The first kappa shape index (κ1) is 18.4. The molecule has 2 unspecified atom stereocenters. The standard InChI is InChI=1S/C24H25NO3/c1-6-14(2)24-23-21-17(11-10-16-8-7-9-19(28-24)20(16)21)18(12-13-27-5)22(15(3)26)25(23)4/h6-11,18,22,26H,1-3,12-13H2,4-5H3. The molecular weight excluding hydrogens is 350 g/mol. The molecule has 2 atom stereocenters. The number of likely N-dealkylation sites (N-methyl/N-ethyl adjacent to an activating group) is 1. The van der Waals surface area contributed by atoms with E-state index in [4.69, 9.17) is 9.47 Å². The van der Waals surface area contributed by atoms with Crippen molar-refractivity contribution in [2.45, 2.75) is 18.4 Å². The van der Waals surface area contributed by atoms with Crippen molar-refractivity contribution in [1.29, 1.82) is 0 Å². The van der Waals surface area contributed by atoms with Gasteiger partial charge in [-0.1, -0.05) is 50.1 Å². The summed E-state index contributed by atoms with van der Waals surface area (Å²) in [4.78, 5) is 2.06. The van der Waals surface area contributed by atoms with Gasteiger partial charge in [-0.2, -0.15) is 0 Å². The molecule has 0 aliphatic carbocycles. The molecule has 2 aromatic carbocycles. The minimum Gasteiger partial charge on any atom is -0.511 e. The normalized spacial score (nSPS) is 20.1. The fraction of sp³-hybridized carbons (Fsp3) is 0.250. The minimum atomic E-state index is -0.281. The zero-order valence-electron chi connectivity index (χ0n) is 16.4. The van der Waals surface area contributed by atoms with E-state index in [0.717, 1.165) is 34.2 Å². The fourth-order valence-electron chi connectivity index (χ4n) is 4.52. The fourth-order valence-corrected chi connectivity index (χ4v) is 4.52. The SMILES string of the molecule is C=CC(=C)C1=C2c3c(ccc4cccc(c34)O1)C(CCOC)C(C(=C)O)N2C. The average molecular weight is 375 g/mol. The summed E-state index contributed by atoms with van der Waals surface area (Å²) in [5, 5.41) is 12.7. The molecular formula is C24H25NO3. The van der Waals surface area contributed by atoms with E-state index in [0.29, 0.717) is 17.9 Å². The van der Waals surface area contributed by atoms with Crippen LogP contribution in [0.25, 0.3) is 16.5 Å². The highest BCUT2D eigenvalue weighted by molar-refractivity contribution is 6.02. The molecule has 4 heteroatoms. The number of benzene rings is 2. The number of hydrogen-bond acceptors (Lipinski definition) is 4. The third-order valence-electron chi connectivity index (χ3n) is 5.77. The van der Waals surface area contributed by atoms with Crippen LogP contribution in [0.1, 0.15) is 23.5 Å². The minimum absolute atomic E-state index is 0.0509. The molecule has 0 radical (unpaired) electrons. The van der Waals surface area contributed by atoms with Crippen molar-refractivity contribution in [1.82, 2.24) is 4.90 Å². The maximum Gasteiger partial charge on any atom is 0.158 e. The Kier molecular flexibility index (Phi) is 4.52. The topological polar surface area (TPSA) is 41.9 Å². The third kappa shape index (κ3) is 2.56. The molecule has 2 aliphatic heterocycles. The van der Waals surface area contributed by atoms with E-state index in [1.165, 1.54) is 5.56 Å². The van der Waals surface area contributed by atoms with Gasteiger partial charge in [0.15, 0.2) is 5.76 Å². The van der Waals surface area contributed by atoms with Crippen LogP contribution in [-0.2, 0) is 4.74 Å². The maximum absolute atomic E-state index is 10.5. The lowest BCUT2D eigenvalue weighted by Gasteiger charge is -2.45. The lowest BCUT2D eigenvalue weighted by Crippen LogP contribution is -2.43. The predicted molar refractivity (Wildman–Crippen MR) is 113 cm³/mol. The molecule has 4 rings (SSSR count). The number of allylic oxidation sites excluding steroid dienone is 1. The summed E-state index contributed by atoms with van der Waals surface area (Å²) >= 11 is 0. The monoisotopic (exact) mass is 375 g/mol. The Bertz CT molecular complexity index is 1030. The van der Waals surface area contributed by atoms with Crippen LogP contribution in [-0.4, -0.2) is 36.8 Å². The predicted octanol–water partition coefficient (Wildman–Crippen LogP) is 5.15. The highest BCUT2D eigenvalue weighted by atomic mass is 16.5. The Morgan fingerprint density at radius 2 is 2.07 bits per heavy atom. The van der Waals surface area contributed by atoms with Gasteiger partial charge < -0.3 is 19.5 Å². The Hall–Kier alpha value is -2.98. The van der Waals surface area contributed by atoms with Gasteiger partial charge in [-0.25, -0.2) is 0 Å². The van der Waals surface area contributed by atoms with E-state index in [1.54, 1.807) is 13.2 Å². The zero-order valence-corrected chi connectivity index (χ0v) is 16.4. The highest BCUT2D eigenvalue weighted by Gasteiger charge is 2.42. The molecule has 144 valence electrons. The van der Waals surface area contributed by atoms with Gasteiger partial charge in [-0.05, 0) is 23.4 Å². The van der Waals surface area contributed by atoms with Crippen molar-refractivity contribution in [2.75, 3.05) is 20.8 Å². The van der Waals surface area contributed by atoms with Crippen molar-refractivity contribution >= 4 is 16.5 Å². The quantitative estimate of drug-likeness (QED) is 0.560. The van der Waals surface area contributed by atoms with Crippen molar-refractivity contribution < 1.29 is 14.6 Å². The van der Waals surface area contributed by atoms with Crippen LogP contribution in [0.15, 0.2) is 73.2 Å². The first-order chi connectivity index (χ1) is 13.5. The third-order valence-corrected chi connectivity index (χ3v) is 5.77. The van der Waals surface area contributed by atoms with Gasteiger partial charge in [0.05, 0.1) is 11.7 Å². The van der Waals surface area contributed by atoms with Crippen molar-refractivity contribution in [3.05, 3.63) is 84.4 Å². The number of hydrogen-bond donors (Lipinski definition) is 1. The average Bonchev–Trinajstić information content (AvgIpc) is 2.70. The van der Waals surface area contributed by atoms with Crippen LogP contribution in [0, 0.1) is 0 Å². The summed E-state index contributed by atoms with van der Waals surface area (Å²) in [5.41, 5.74) is 3.93. The van der Waals surface area contributed by atoms with Crippen LogP contribution < -0.4 is 4.74 Å². The summed E-state index contributed by atoms with van der Waals surface area (Å²) in [7, 11) is 3.67. The molecule has 2 aromatic rings. The van der Waals surface area contributed by atoms with Gasteiger partial charge in [0.2, 0.25) is 0 Å². The van der Waals surface area contributed by atoms with Gasteiger partial charge in [-0.3, -0.25) is 0 Å². The van der Waals surface area contributed by atoms with Crippen LogP contribution in [0.2, 0.25) is 0 Å². The molecule has 0 bridgehead atoms. The Labute approximate surface area is 165 Å². The van der Waals surface area contributed by atoms with Gasteiger partial charge in [0.1, 0.15) is 11.5 Å². The number of aliphatic hydroxyl groups excluding tert-OH is 1. The van der Waals surface area contributed by atoms with Gasteiger partial charge in [-0.15, -0.1) is 0 Å². The van der Waals surface area contributed by atoms with E-state index in [-0.39, 0.29) is 17.7 Å². The Balaban J connectivity index is 2.08. The number of ether oxygens (including phenoxy) is 2. The van der Waals surface area contributed by atoms with Gasteiger partial charge >= 0.3 is 0 Å². The molecule has 0 aromatic heterocycles. The van der Waals surface area contributed by atoms with Gasteiger partial charge in [0.25, 0.3) is 0 Å². The second-order valence-corrected chi connectivity index (χ2v) is 7.33. The second kappa shape index (κ2) is 6.88. The summed E-state index contributed by atoms with van der Waals surface area (Å²) < 4.78 is 11.7. The summed E-state index contributed by atoms with van der Waals surface area (Å²) in [6, 6.07) is 10.1. The lowest BCUT2D eigenvalue weighted by atomic mass is 9.76. The molecule has 0 fully saturated rings. The zero-order chi connectivity index (χ0) is 20.0. The van der Waals surface area contributed by atoms with Crippen LogP contribution >= 0.6 is 0 Å². The molecule has 0 spiro atoms. The Morgan fingerprint density at radius 1 is 1.29 bits per heavy atom. The van der Waals surface area contributed by atoms with Crippen LogP contribution in [0.5, 0.6) is 5.75 Å². The summed E-state index contributed by atoms with van der Waals surface area (Å²) in [6.07, 6.45) is 2.47. The molecule has 4 nitrogen and oxygen atoms in total. The highest BCUT2D eigenvalue weighted by Crippen LogP contribution is 2.51. The first-order valence-corrected chi connectivity index (χ1v) is 9.39. The van der Waals surface area contributed by atoms with Crippen molar-refractivity contribution in [2.24, 2.45) is 0 Å². The molecule has 0 saturated carbocycles. The van der Waals surface area contributed by atoms with E-state index in [1.807, 2.05) is 19.2 Å². The number of methoxy groups -OCH3 is 1. The Morgan fingerprint density at radius 3 is 2.75 bits per heavy atom. The molecule has 2 heterocycles. The molecule has 1 N–H and O–H groups in total. The number of aliphatic hydroxyl groups is 1. The first-order valence-electron chi connectivity index (χ1n) is 9.39. The largest absolute Gasteiger partial charge is 0.511 e. The summed E-state index contributed by atoms with van der Waals surface area (Å²) in [5.74, 6) is 1.66. The van der Waals surface area contributed by atoms with Crippen molar-refractivity contribution in [3.8, 4) is 5.75 Å². The van der Waals surface area contributed by atoms with E-state index < -0.39 is 0 Å². The van der Waals surface area contributed by atoms with E-state index >= 15 is 0 Å². The van der Waals surface area contributed by atoms with E-state index in [2.05, 4.69) is 42.8 Å². The van der Waals surface area contributed by atoms with Crippen LogP contribution in [0.4, 0.5) is 0 Å². The molecule has 0 amide bonds. The summed E-state index contributed by atoms with van der Waals surface area (Å²) in [6.45, 7) is 12.5. The molecule has 2 aliphatic rings. The lowest BCUT2D eigenvalue weighted by molar-refractivity contribution is 0.161. The molecule has 0 saturated heterocycles. The number of nitrogens with zero attached hydrogens (tertiary/aromatic N) is 1. The van der Waals surface area contributed by atoms with Crippen molar-refractivity contribution in [3.63, 3.8) is 0 Å². The number of rotatable bonds is 6. The molecule has 28 heavy (non-hydrogen) atoms. The van der Waals surface area contributed by atoms with Crippen LogP contribution in [0.3, 0.4) is 0 Å². The van der Waals surface area contributed by atoms with E-state index in [9.17, 15) is 5.11 Å².